The average molecular weight is 373 g/mol. The lowest BCUT2D eigenvalue weighted by atomic mass is 9.96. The Kier molecular flexibility index (Phi) is 5.99. The maximum absolute atomic E-state index is 12.8. The molecule has 0 saturated carbocycles. The summed E-state index contributed by atoms with van der Waals surface area (Å²) in [6.07, 6.45) is 4.12. The Morgan fingerprint density at radius 1 is 1.41 bits per heavy atom. The number of piperidine rings is 1. The monoisotopic (exact) mass is 372 g/mol. The summed E-state index contributed by atoms with van der Waals surface area (Å²) in [6.45, 7) is 11.2. The Hall–Kier alpha value is -2.15. The highest BCUT2D eigenvalue weighted by molar-refractivity contribution is 5.75. The zero-order valence-corrected chi connectivity index (χ0v) is 17.2. The molecule has 0 unspecified atom stereocenters. The van der Waals surface area contributed by atoms with Gasteiger partial charge in [0.1, 0.15) is 6.54 Å². The van der Waals surface area contributed by atoms with Gasteiger partial charge in [0.15, 0.2) is 0 Å². The lowest BCUT2D eigenvalue weighted by molar-refractivity contribution is -0.131. The van der Waals surface area contributed by atoms with Crippen LogP contribution in [0.3, 0.4) is 0 Å². The van der Waals surface area contributed by atoms with Gasteiger partial charge in [-0.2, -0.15) is 10.2 Å². The molecule has 1 saturated heterocycles. The van der Waals surface area contributed by atoms with Gasteiger partial charge in [-0.1, -0.05) is 0 Å². The van der Waals surface area contributed by atoms with E-state index in [1.165, 1.54) is 6.42 Å². The Morgan fingerprint density at radius 3 is 2.81 bits per heavy atom. The van der Waals surface area contributed by atoms with Crippen LogP contribution in [0.4, 0.5) is 0 Å². The molecule has 3 rings (SSSR count). The van der Waals surface area contributed by atoms with E-state index in [1.807, 2.05) is 29.4 Å². The molecular weight excluding hydrogens is 340 g/mol. The fraction of sp³-hybridized carbons (Fsp3) is 0.650. The number of nitrogens with zero attached hydrogens (tertiary/aromatic N) is 5. The first-order chi connectivity index (χ1) is 12.9. The highest BCUT2D eigenvalue weighted by atomic mass is 16.2. The van der Waals surface area contributed by atoms with Crippen molar-refractivity contribution in [3.8, 4) is 0 Å². The third kappa shape index (κ3) is 4.24. The normalized spacial score (nSPS) is 17.5. The zero-order valence-electron chi connectivity index (χ0n) is 17.2. The van der Waals surface area contributed by atoms with Crippen LogP contribution in [-0.2, 0) is 17.9 Å². The van der Waals surface area contributed by atoms with E-state index in [1.54, 1.807) is 11.1 Å². The van der Waals surface area contributed by atoms with Gasteiger partial charge in [-0.05, 0) is 53.1 Å². The van der Waals surface area contributed by atoms with Gasteiger partial charge >= 0.3 is 0 Å². The second-order valence-electron chi connectivity index (χ2n) is 7.89. The SMILES string of the molecule is Cc1nn(C(C)C)c(C)c1CN(C)C(=O)Cn1nccc1[C@@H]1CCCNC1. The molecule has 1 amide bonds. The Balaban J connectivity index is 1.68. The van der Waals surface area contributed by atoms with Crippen molar-refractivity contribution in [1.82, 2.24) is 29.8 Å². The van der Waals surface area contributed by atoms with E-state index < -0.39 is 0 Å². The molecule has 0 spiro atoms. The molecule has 7 nitrogen and oxygen atoms in total. The molecule has 1 aliphatic heterocycles. The number of carbonyl (C=O) groups is 1. The van der Waals surface area contributed by atoms with Crippen molar-refractivity contribution in [2.45, 2.75) is 65.6 Å². The van der Waals surface area contributed by atoms with Crippen LogP contribution in [0.5, 0.6) is 0 Å². The molecule has 1 fully saturated rings. The van der Waals surface area contributed by atoms with Crippen LogP contribution < -0.4 is 5.32 Å². The van der Waals surface area contributed by atoms with Crippen molar-refractivity contribution in [3.05, 3.63) is 34.9 Å². The van der Waals surface area contributed by atoms with Gasteiger partial charge < -0.3 is 10.2 Å². The second kappa shape index (κ2) is 8.25. The van der Waals surface area contributed by atoms with E-state index in [0.29, 0.717) is 18.5 Å². The number of hydrogen-bond acceptors (Lipinski definition) is 4. The number of hydrogen-bond donors (Lipinski definition) is 1. The summed E-state index contributed by atoms with van der Waals surface area (Å²) in [5.74, 6) is 0.507. The maximum Gasteiger partial charge on any atom is 0.244 e. The Bertz CT molecular complexity index is 784. The number of nitrogens with one attached hydrogen (secondary N) is 1. The van der Waals surface area contributed by atoms with Crippen LogP contribution in [0.2, 0.25) is 0 Å². The molecule has 0 bridgehead atoms. The molecule has 1 N–H and O–H groups in total. The smallest absolute Gasteiger partial charge is 0.244 e. The maximum atomic E-state index is 12.8. The molecule has 1 aliphatic rings. The van der Waals surface area contributed by atoms with E-state index in [2.05, 4.69) is 36.3 Å². The van der Waals surface area contributed by atoms with Crippen molar-refractivity contribution in [3.63, 3.8) is 0 Å². The Morgan fingerprint density at radius 2 is 2.19 bits per heavy atom. The van der Waals surface area contributed by atoms with Crippen LogP contribution in [0.1, 0.15) is 61.3 Å². The van der Waals surface area contributed by atoms with Gasteiger partial charge in [-0.3, -0.25) is 14.2 Å². The first kappa shape index (κ1) is 19.6. The summed E-state index contributed by atoms with van der Waals surface area (Å²) in [5.41, 5.74) is 4.42. The molecule has 148 valence electrons. The van der Waals surface area contributed by atoms with E-state index in [9.17, 15) is 4.79 Å². The number of carbonyl (C=O) groups excluding carboxylic acids is 1. The van der Waals surface area contributed by atoms with Crippen LogP contribution in [-0.4, -0.2) is 50.5 Å². The standard InChI is InChI=1S/C20H32N6O/c1-14(2)26-16(4)18(15(3)23-26)12-24(5)20(27)13-25-19(8-10-22-25)17-7-6-9-21-11-17/h8,10,14,17,21H,6-7,9,11-13H2,1-5H3/t17-/m1/s1. The van der Waals surface area contributed by atoms with Crippen molar-refractivity contribution < 1.29 is 4.79 Å². The summed E-state index contributed by atoms with van der Waals surface area (Å²) >= 11 is 0. The van der Waals surface area contributed by atoms with Crippen LogP contribution in [0.15, 0.2) is 12.3 Å². The van der Waals surface area contributed by atoms with Crippen LogP contribution in [0, 0.1) is 13.8 Å². The van der Waals surface area contributed by atoms with Crippen molar-refractivity contribution in [2.24, 2.45) is 0 Å². The largest absolute Gasteiger partial charge is 0.340 e. The molecule has 1 atom stereocenters. The Labute approximate surface area is 161 Å². The first-order valence-corrected chi connectivity index (χ1v) is 9.89. The third-order valence-corrected chi connectivity index (χ3v) is 5.53. The molecule has 0 radical (unpaired) electrons. The molecule has 2 aromatic rings. The van der Waals surface area contributed by atoms with Crippen LogP contribution >= 0.6 is 0 Å². The number of likely N-dealkylation sites (N-methyl/N-ethyl adjacent to an activating group) is 1. The number of aryl methyl sites for hydroxylation is 1. The van der Waals surface area contributed by atoms with Gasteiger partial charge in [0.2, 0.25) is 5.91 Å². The third-order valence-electron chi connectivity index (χ3n) is 5.53. The van der Waals surface area contributed by atoms with E-state index in [0.717, 1.165) is 42.2 Å². The molecule has 3 heterocycles. The second-order valence-corrected chi connectivity index (χ2v) is 7.89. The van der Waals surface area contributed by atoms with Gasteiger partial charge in [0.25, 0.3) is 0 Å². The average Bonchev–Trinajstić information content (AvgIpc) is 3.22. The minimum absolute atomic E-state index is 0.0693. The molecule has 7 heteroatoms. The van der Waals surface area contributed by atoms with Crippen molar-refractivity contribution in [2.75, 3.05) is 20.1 Å². The first-order valence-electron chi connectivity index (χ1n) is 9.89. The van der Waals surface area contributed by atoms with Crippen molar-refractivity contribution >= 4 is 5.91 Å². The predicted octanol–water partition coefficient (Wildman–Crippen LogP) is 2.40. The number of amides is 1. The highest BCUT2D eigenvalue weighted by Gasteiger charge is 2.22. The summed E-state index contributed by atoms with van der Waals surface area (Å²) in [5, 5.41) is 12.5. The fourth-order valence-electron chi connectivity index (χ4n) is 3.93. The fourth-order valence-corrected chi connectivity index (χ4v) is 3.93. The summed E-state index contributed by atoms with van der Waals surface area (Å²) in [4.78, 5) is 14.6. The summed E-state index contributed by atoms with van der Waals surface area (Å²) in [7, 11) is 1.86. The quantitative estimate of drug-likeness (QED) is 0.845. The minimum Gasteiger partial charge on any atom is -0.340 e. The molecular formula is C20H32N6O. The molecule has 0 aromatic carbocycles. The molecule has 27 heavy (non-hydrogen) atoms. The summed E-state index contributed by atoms with van der Waals surface area (Å²) in [6, 6.07) is 2.36. The summed E-state index contributed by atoms with van der Waals surface area (Å²) < 4.78 is 3.90. The lowest BCUT2D eigenvalue weighted by Crippen LogP contribution is -2.33. The van der Waals surface area contributed by atoms with E-state index >= 15 is 0 Å². The predicted molar refractivity (Wildman–Crippen MR) is 106 cm³/mol. The van der Waals surface area contributed by atoms with Crippen LogP contribution in [0.25, 0.3) is 0 Å². The topological polar surface area (TPSA) is 68.0 Å². The molecule has 2 aromatic heterocycles. The molecule has 0 aliphatic carbocycles. The zero-order chi connectivity index (χ0) is 19.6. The van der Waals surface area contributed by atoms with Gasteiger partial charge in [-0.25, -0.2) is 0 Å². The van der Waals surface area contributed by atoms with Crippen molar-refractivity contribution in [1.29, 1.82) is 0 Å². The minimum atomic E-state index is 0.0693. The van der Waals surface area contributed by atoms with E-state index in [4.69, 9.17) is 0 Å². The van der Waals surface area contributed by atoms with Gasteiger partial charge in [0.05, 0.1) is 5.69 Å². The number of rotatable bonds is 6. The highest BCUT2D eigenvalue weighted by Crippen LogP contribution is 2.23. The van der Waals surface area contributed by atoms with E-state index in [-0.39, 0.29) is 12.5 Å². The number of aromatic nitrogens is 4. The van der Waals surface area contributed by atoms with Gasteiger partial charge in [-0.15, -0.1) is 0 Å². The lowest BCUT2D eigenvalue weighted by Gasteiger charge is -2.24. The van der Waals surface area contributed by atoms with Gasteiger partial charge in [0, 0.05) is 55.2 Å².